The Bertz CT molecular complexity index is 1490. The summed E-state index contributed by atoms with van der Waals surface area (Å²) in [6.45, 7) is 9.98. The maximum Gasteiger partial charge on any atom is 0.338 e. The van der Waals surface area contributed by atoms with Gasteiger partial charge in [0, 0.05) is 54.1 Å². The third-order valence-corrected chi connectivity index (χ3v) is 9.27. The molecule has 44 heavy (non-hydrogen) atoms. The number of fused-ring (bicyclic) bond motifs is 5. The smallest absolute Gasteiger partial charge is 0.338 e. The number of hydrogen-bond acceptors (Lipinski definition) is 6. The van der Waals surface area contributed by atoms with Crippen LogP contribution in [0.1, 0.15) is 93.3 Å². The van der Waals surface area contributed by atoms with E-state index in [1.807, 2.05) is 40.0 Å². The molecule has 2 aromatic rings. The van der Waals surface area contributed by atoms with Crippen molar-refractivity contribution in [3.05, 3.63) is 70.2 Å². The molecule has 1 aromatic heterocycles. The predicted octanol–water partition coefficient (Wildman–Crippen LogP) is 6.21. The molecule has 2 N–H and O–H groups in total. The highest BCUT2D eigenvalue weighted by Gasteiger charge is 2.38. The SMILES string of the molecule is COC1=CC2C(C)=C(C(=O)N(C)CCOCCN)Cn3c(c(C4CCCCC4)c4ccc(C(=O)OC(C)(C)C)cc43)C2C=C1. The van der Waals surface area contributed by atoms with Gasteiger partial charge in [-0.3, -0.25) is 4.79 Å². The number of nitrogens with zero attached hydrogens (tertiary/aromatic N) is 2. The molecule has 1 fully saturated rings. The molecule has 8 nitrogen and oxygen atoms in total. The fourth-order valence-corrected chi connectivity index (χ4v) is 7.10. The van der Waals surface area contributed by atoms with E-state index in [9.17, 15) is 9.59 Å². The normalized spacial score (nSPS) is 20.6. The number of likely N-dealkylation sites (N-methyl/N-ethyl adjacent to an activating group) is 1. The van der Waals surface area contributed by atoms with Crippen molar-refractivity contribution in [1.82, 2.24) is 9.47 Å². The van der Waals surface area contributed by atoms with Crippen LogP contribution in [0.25, 0.3) is 10.9 Å². The zero-order valence-electron chi connectivity index (χ0n) is 27.3. The van der Waals surface area contributed by atoms with E-state index < -0.39 is 5.60 Å². The Labute approximate surface area is 261 Å². The number of carbonyl (C=O) groups is 2. The third-order valence-electron chi connectivity index (χ3n) is 9.27. The van der Waals surface area contributed by atoms with Crippen LogP contribution in [0.15, 0.2) is 53.3 Å². The van der Waals surface area contributed by atoms with E-state index >= 15 is 0 Å². The second kappa shape index (κ2) is 13.3. The van der Waals surface area contributed by atoms with Crippen LogP contribution in [0.3, 0.4) is 0 Å². The van der Waals surface area contributed by atoms with Crippen LogP contribution in [0.2, 0.25) is 0 Å². The highest BCUT2D eigenvalue weighted by molar-refractivity contribution is 5.98. The van der Waals surface area contributed by atoms with E-state index in [0.29, 0.717) is 44.3 Å². The number of allylic oxidation sites excluding steroid dienone is 4. The number of aromatic nitrogens is 1. The van der Waals surface area contributed by atoms with Crippen LogP contribution in [0.4, 0.5) is 0 Å². The van der Waals surface area contributed by atoms with Crippen LogP contribution in [0.5, 0.6) is 0 Å². The number of rotatable bonds is 9. The van der Waals surface area contributed by atoms with Gasteiger partial charge in [-0.05, 0) is 76.3 Å². The number of ether oxygens (including phenoxy) is 3. The molecule has 8 heteroatoms. The molecule has 1 amide bonds. The lowest BCUT2D eigenvalue weighted by Gasteiger charge is -2.30. The first kappa shape index (κ1) is 32.0. The first-order valence-electron chi connectivity index (χ1n) is 16.1. The molecule has 2 atom stereocenters. The number of amides is 1. The molecule has 3 aliphatic rings. The second-order valence-corrected chi connectivity index (χ2v) is 13.4. The quantitative estimate of drug-likeness (QED) is 0.271. The number of esters is 1. The molecule has 2 heterocycles. The molecule has 1 aliphatic heterocycles. The molecule has 0 saturated heterocycles. The molecule has 2 aliphatic carbocycles. The molecule has 1 saturated carbocycles. The number of methoxy groups -OCH3 is 1. The highest BCUT2D eigenvalue weighted by Crippen LogP contribution is 2.49. The van der Waals surface area contributed by atoms with Gasteiger partial charge in [0.25, 0.3) is 5.91 Å². The summed E-state index contributed by atoms with van der Waals surface area (Å²) >= 11 is 0. The van der Waals surface area contributed by atoms with Gasteiger partial charge in [0.1, 0.15) is 11.4 Å². The topological polar surface area (TPSA) is 96.0 Å². The Morgan fingerprint density at radius 3 is 2.52 bits per heavy atom. The van der Waals surface area contributed by atoms with Crippen molar-refractivity contribution in [3.8, 4) is 0 Å². The predicted molar refractivity (Wildman–Crippen MR) is 174 cm³/mol. The molecule has 0 radical (unpaired) electrons. The van der Waals surface area contributed by atoms with Gasteiger partial charge in [-0.2, -0.15) is 0 Å². The van der Waals surface area contributed by atoms with Gasteiger partial charge in [0.05, 0.1) is 32.4 Å². The zero-order valence-corrected chi connectivity index (χ0v) is 27.3. The largest absolute Gasteiger partial charge is 0.497 e. The fraction of sp³-hybridized carbons (Fsp3) is 0.556. The van der Waals surface area contributed by atoms with Gasteiger partial charge in [-0.25, -0.2) is 4.79 Å². The van der Waals surface area contributed by atoms with Crippen LogP contribution in [-0.2, 0) is 25.5 Å². The molecule has 2 unspecified atom stereocenters. The van der Waals surface area contributed by atoms with Crippen LogP contribution in [0, 0.1) is 5.92 Å². The molecule has 0 bridgehead atoms. The van der Waals surface area contributed by atoms with E-state index in [1.54, 1.807) is 12.0 Å². The summed E-state index contributed by atoms with van der Waals surface area (Å²) in [5.41, 5.74) is 10.9. The summed E-state index contributed by atoms with van der Waals surface area (Å²) in [5.74, 6) is 0.872. The van der Waals surface area contributed by atoms with Crippen LogP contribution in [-0.4, -0.2) is 67.4 Å². The zero-order chi connectivity index (χ0) is 31.6. The fourth-order valence-electron chi connectivity index (χ4n) is 7.10. The van der Waals surface area contributed by atoms with Crippen molar-refractivity contribution in [2.75, 3.05) is 40.5 Å². The summed E-state index contributed by atoms with van der Waals surface area (Å²) < 4.78 is 19.4. The van der Waals surface area contributed by atoms with Crippen molar-refractivity contribution in [3.63, 3.8) is 0 Å². The average molecular weight is 604 g/mol. The summed E-state index contributed by atoms with van der Waals surface area (Å²) in [5, 5.41) is 1.17. The number of hydrogen-bond donors (Lipinski definition) is 1. The Balaban J connectivity index is 1.68. The monoisotopic (exact) mass is 603 g/mol. The van der Waals surface area contributed by atoms with Gasteiger partial charge in [0.2, 0.25) is 0 Å². The first-order chi connectivity index (χ1) is 21.0. The van der Waals surface area contributed by atoms with Crippen LogP contribution < -0.4 is 5.73 Å². The van der Waals surface area contributed by atoms with Gasteiger partial charge in [-0.1, -0.05) is 37.0 Å². The highest BCUT2D eigenvalue weighted by atomic mass is 16.6. The lowest BCUT2D eigenvalue weighted by atomic mass is 9.75. The van der Waals surface area contributed by atoms with Crippen molar-refractivity contribution in [2.24, 2.45) is 11.7 Å². The summed E-state index contributed by atoms with van der Waals surface area (Å²) in [4.78, 5) is 29.2. The van der Waals surface area contributed by atoms with E-state index in [-0.39, 0.29) is 23.7 Å². The molecule has 5 rings (SSSR count). The van der Waals surface area contributed by atoms with Gasteiger partial charge in [0.15, 0.2) is 0 Å². The van der Waals surface area contributed by atoms with Crippen LogP contribution >= 0.6 is 0 Å². The van der Waals surface area contributed by atoms with Crippen molar-refractivity contribution in [2.45, 2.75) is 83.8 Å². The maximum absolute atomic E-state index is 14.2. The van der Waals surface area contributed by atoms with Gasteiger partial charge >= 0.3 is 5.97 Å². The Kier molecular flexibility index (Phi) is 9.71. The Hall–Kier alpha value is -3.36. The lowest BCUT2D eigenvalue weighted by molar-refractivity contribution is -0.126. The minimum atomic E-state index is -0.598. The van der Waals surface area contributed by atoms with Crippen molar-refractivity contribution in [1.29, 1.82) is 0 Å². The molecule has 1 aromatic carbocycles. The van der Waals surface area contributed by atoms with Gasteiger partial charge < -0.3 is 29.4 Å². The second-order valence-electron chi connectivity index (χ2n) is 13.4. The number of carbonyl (C=O) groups excluding carboxylic acids is 2. The van der Waals surface area contributed by atoms with Gasteiger partial charge in [-0.15, -0.1) is 0 Å². The molecule has 0 spiro atoms. The lowest BCUT2D eigenvalue weighted by Crippen LogP contribution is -2.33. The van der Waals surface area contributed by atoms with E-state index in [2.05, 4.69) is 35.8 Å². The number of nitrogens with two attached hydrogens (primary N) is 1. The summed E-state index contributed by atoms with van der Waals surface area (Å²) in [7, 11) is 3.52. The average Bonchev–Trinajstić information content (AvgIpc) is 3.26. The number of benzene rings is 1. The Morgan fingerprint density at radius 2 is 1.84 bits per heavy atom. The minimum absolute atomic E-state index is 0.0169. The summed E-state index contributed by atoms with van der Waals surface area (Å²) in [6, 6.07) is 5.99. The van der Waals surface area contributed by atoms with E-state index in [1.165, 1.54) is 35.9 Å². The molecule has 238 valence electrons. The minimum Gasteiger partial charge on any atom is -0.497 e. The standard InChI is InChI=1S/C36H49N3O5/c1-23-29-21-26(42-6)13-15-27(29)33-32(24-10-8-7-9-11-24)28-14-12-25(35(41)44-36(2,3)4)20-31(28)39(33)22-30(23)34(40)38(5)17-19-43-18-16-37/h12-15,20-21,24,27,29H,7-11,16-19,22,37H2,1-6H3. The van der Waals surface area contributed by atoms with E-state index in [4.69, 9.17) is 19.9 Å². The van der Waals surface area contributed by atoms with E-state index in [0.717, 1.165) is 35.3 Å². The Morgan fingerprint density at radius 1 is 1.09 bits per heavy atom. The van der Waals surface area contributed by atoms with Crippen molar-refractivity contribution >= 4 is 22.8 Å². The first-order valence-corrected chi connectivity index (χ1v) is 16.1. The molecular weight excluding hydrogens is 554 g/mol. The maximum atomic E-state index is 14.2. The molecular formula is C36H49N3O5. The third kappa shape index (κ3) is 6.52. The summed E-state index contributed by atoms with van der Waals surface area (Å²) in [6.07, 6.45) is 12.4. The van der Waals surface area contributed by atoms with Crippen molar-refractivity contribution < 1.29 is 23.8 Å².